The molecule has 2 fully saturated rings. The molecule has 1 aromatic rings. The highest BCUT2D eigenvalue weighted by Crippen LogP contribution is 2.34. The molecule has 0 saturated carbocycles. The number of benzene rings is 1. The topological polar surface area (TPSA) is 110 Å². The molecule has 2 heterocycles. The van der Waals surface area contributed by atoms with Gasteiger partial charge in [0.2, 0.25) is 5.91 Å². The molecule has 2 N–H and O–H groups in total. The van der Waals surface area contributed by atoms with Crippen LogP contribution in [0.15, 0.2) is 12.1 Å². The lowest BCUT2D eigenvalue weighted by Gasteiger charge is -2.34. The Labute approximate surface area is 150 Å². The Bertz CT molecular complexity index is 829. The van der Waals surface area contributed by atoms with Crippen molar-refractivity contribution in [3.05, 3.63) is 23.5 Å². The first-order valence-corrected chi connectivity index (χ1v) is 9.44. The first-order chi connectivity index (χ1) is 12.2. The van der Waals surface area contributed by atoms with Crippen LogP contribution in [0.1, 0.15) is 12.5 Å². The van der Waals surface area contributed by atoms with Crippen LogP contribution in [0.2, 0.25) is 0 Å². The van der Waals surface area contributed by atoms with E-state index in [0.29, 0.717) is 42.6 Å². The van der Waals surface area contributed by atoms with Gasteiger partial charge in [-0.2, -0.15) is 8.42 Å². The first-order valence-electron chi connectivity index (χ1n) is 8.00. The van der Waals surface area contributed by atoms with Gasteiger partial charge in [0.25, 0.3) is 5.91 Å². The number of hydrogen-bond acceptors (Lipinski definition) is 6. The van der Waals surface area contributed by atoms with Gasteiger partial charge in [-0.1, -0.05) is 0 Å². The third-order valence-electron chi connectivity index (χ3n) is 4.40. The smallest absolute Gasteiger partial charge is 0.326 e. The second-order valence-electron chi connectivity index (χ2n) is 6.26. The number of anilines is 1. The molecular weight excluding hydrogens is 367 g/mol. The van der Waals surface area contributed by atoms with Crippen LogP contribution in [0.3, 0.4) is 0 Å². The van der Waals surface area contributed by atoms with Crippen molar-refractivity contribution in [3.63, 3.8) is 0 Å². The minimum atomic E-state index is -4.20. The van der Waals surface area contributed by atoms with Crippen LogP contribution in [-0.2, 0) is 26.3 Å². The van der Waals surface area contributed by atoms with E-state index in [2.05, 4.69) is 0 Å². The van der Waals surface area contributed by atoms with Crippen molar-refractivity contribution in [1.29, 1.82) is 0 Å². The number of phenolic OH excluding ortho intramolecular Hbond substituents is 1. The molecule has 2 amide bonds. The lowest BCUT2D eigenvalue weighted by atomic mass is 10.1. The predicted octanol–water partition coefficient (Wildman–Crippen LogP) is -0.624. The molecule has 0 spiro atoms. The first kappa shape index (κ1) is 18.4. The van der Waals surface area contributed by atoms with Crippen LogP contribution in [0, 0.1) is 5.82 Å². The van der Waals surface area contributed by atoms with E-state index in [-0.39, 0.29) is 5.91 Å². The van der Waals surface area contributed by atoms with Crippen LogP contribution >= 0.6 is 0 Å². The summed E-state index contributed by atoms with van der Waals surface area (Å²) in [6, 6.07) is 2.43. The number of carbonyl (C=O) groups excluding carboxylic acids is 2. The summed E-state index contributed by atoms with van der Waals surface area (Å²) in [5.74, 6) is -2.27. The highest BCUT2D eigenvalue weighted by Gasteiger charge is 2.37. The zero-order valence-electron chi connectivity index (χ0n) is 14.1. The summed E-state index contributed by atoms with van der Waals surface area (Å²) in [6.07, 6.45) is 0. The van der Waals surface area contributed by atoms with Crippen molar-refractivity contribution in [2.75, 3.05) is 37.0 Å². The molecule has 2 aliphatic rings. The second kappa shape index (κ2) is 6.72. The normalized spacial score (nSPS) is 20.3. The van der Waals surface area contributed by atoms with Gasteiger partial charge in [-0.15, -0.1) is 0 Å². The molecule has 26 heavy (non-hydrogen) atoms. The van der Waals surface area contributed by atoms with Gasteiger partial charge in [0.05, 0.1) is 0 Å². The summed E-state index contributed by atoms with van der Waals surface area (Å²) in [4.78, 5) is 26.4. The summed E-state index contributed by atoms with van der Waals surface area (Å²) in [5, 5.41) is 10.1. The van der Waals surface area contributed by atoms with Crippen molar-refractivity contribution >= 4 is 27.7 Å². The molecule has 0 atom stereocenters. The van der Waals surface area contributed by atoms with E-state index in [1.54, 1.807) is 9.62 Å². The number of rotatable bonds is 3. The Morgan fingerprint density at radius 1 is 1.27 bits per heavy atom. The number of nitrogens with one attached hydrogen (secondary N) is 1. The van der Waals surface area contributed by atoms with Crippen LogP contribution in [-0.4, -0.2) is 67.9 Å². The standard InChI is InChI=1S/C15H19FN4O5S/c1-10(21)19-4-2-18(3-5-19)8-11-6-12(16)15(13(22)7-11)20-9-14(23)17-26(20,24)25/h6-7,22H,2-5,8-9H2,1H3,(H,17,23). The van der Waals surface area contributed by atoms with Crippen LogP contribution < -0.4 is 9.03 Å². The molecule has 1 aromatic carbocycles. The molecule has 142 valence electrons. The molecular formula is C15H19FN4O5S. The van der Waals surface area contributed by atoms with Gasteiger partial charge in [-0.05, 0) is 17.7 Å². The summed E-state index contributed by atoms with van der Waals surface area (Å²) >= 11 is 0. The molecule has 0 aliphatic carbocycles. The third kappa shape index (κ3) is 3.58. The number of piperazine rings is 1. The van der Waals surface area contributed by atoms with Crippen LogP contribution in [0.25, 0.3) is 0 Å². The van der Waals surface area contributed by atoms with E-state index in [1.807, 2.05) is 4.90 Å². The maximum absolute atomic E-state index is 14.5. The maximum atomic E-state index is 14.5. The number of amides is 2. The number of nitrogens with zero attached hydrogens (tertiary/aromatic N) is 3. The molecule has 0 radical (unpaired) electrons. The Kier molecular flexibility index (Phi) is 4.76. The highest BCUT2D eigenvalue weighted by atomic mass is 32.2. The number of carbonyl (C=O) groups is 2. The average molecular weight is 386 g/mol. The van der Waals surface area contributed by atoms with Gasteiger partial charge in [0.1, 0.15) is 18.0 Å². The van der Waals surface area contributed by atoms with E-state index < -0.39 is 39.9 Å². The van der Waals surface area contributed by atoms with Crippen LogP contribution in [0.5, 0.6) is 5.75 Å². The Morgan fingerprint density at radius 3 is 2.42 bits per heavy atom. The lowest BCUT2D eigenvalue weighted by molar-refractivity contribution is -0.130. The van der Waals surface area contributed by atoms with Crippen molar-refractivity contribution in [2.45, 2.75) is 13.5 Å². The molecule has 2 saturated heterocycles. The van der Waals surface area contributed by atoms with Gasteiger partial charge >= 0.3 is 10.2 Å². The number of hydrogen-bond donors (Lipinski definition) is 2. The second-order valence-corrected chi connectivity index (χ2v) is 7.86. The minimum Gasteiger partial charge on any atom is -0.506 e. The summed E-state index contributed by atoms with van der Waals surface area (Å²) in [7, 11) is -4.20. The molecule has 0 unspecified atom stereocenters. The molecule has 0 aromatic heterocycles. The Morgan fingerprint density at radius 2 is 1.92 bits per heavy atom. The fourth-order valence-electron chi connectivity index (χ4n) is 3.10. The molecule has 2 aliphatic heterocycles. The van der Waals surface area contributed by atoms with Gasteiger partial charge in [-0.25, -0.2) is 13.4 Å². The third-order valence-corrected chi connectivity index (χ3v) is 5.77. The zero-order valence-corrected chi connectivity index (χ0v) is 14.9. The largest absolute Gasteiger partial charge is 0.506 e. The molecule has 11 heteroatoms. The minimum absolute atomic E-state index is 0.00710. The number of aromatic hydroxyl groups is 1. The lowest BCUT2D eigenvalue weighted by Crippen LogP contribution is -2.47. The predicted molar refractivity (Wildman–Crippen MR) is 90.0 cm³/mol. The SMILES string of the molecule is CC(=O)N1CCN(Cc2cc(O)c(N3CC(=O)NS3(=O)=O)c(F)c2)CC1. The fourth-order valence-corrected chi connectivity index (χ4v) is 4.27. The molecule has 9 nitrogen and oxygen atoms in total. The van der Waals surface area contributed by atoms with E-state index in [0.717, 1.165) is 6.07 Å². The van der Waals surface area contributed by atoms with Crippen molar-refractivity contribution in [3.8, 4) is 5.75 Å². The number of halogens is 1. The van der Waals surface area contributed by atoms with Gasteiger partial charge in [-0.3, -0.25) is 14.5 Å². The van der Waals surface area contributed by atoms with E-state index in [9.17, 15) is 27.5 Å². The van der Waals surface area contributed by atoms with Crippen molar-refractivity contribution in [1.82, 2.24) is 14.5 Å². The quantitative estimate of drug-likeness (QED) is 0.716. The van der Waals surface area contributed by atoms with E-state index in [1.165, 1.54) is 13.0 Å². The van der Waals surface area contributed by atoms with Crippen molar-refractivity contribution in [2.24, 2.45) is 0 Å². The summed E-state index contributed by atoms with van der Waals surface area (Å²) in [5.41, 5.74) is -0.0793. The average Bonchev–Trinajstić information content (AvgIpc) is 2.79. The summed E-state index contributed by atoms with van der Waals surface area (Å²) < 4.78 is 40.4. The maximum Gasteiger partial charge on any atom is 0.326 e. The van der Waals surface area contributed by atoms with Gasteiger partial charge < -0.3 is 10.0 Å². The number of phenols is 1. The monoisotopic (exact) mass is 386 g/mol. The van der Waals surface area contributed by atoms with Crippen LogP contribution in [0.4, 0.5) is 10.1 Å². The van der Waals surface area contributed by atoms with E-state index in [4.69, 9.17) is 0 Å². The zero-order chi connectivity index (χ0) is 19.1. The summed E-state index contributed by atoms with van der Waals surface area (Å²) in [6.45, 7) is 3.64. The highest BCUT2D eigenvalue weighted by molar-refractivity contribution is 7.92. The van der Waals surface area contributed by atoms with E-state index >= 15 is 0 Å². The Hall–Kier alpha value is -2.40. The molecule has 3 rings (SSSR count). The fraction of sp³-hybridized carbons (Fsp3) is 0.467. The van der Waals surface area contributed by atoms with Gasteiger partial charge in [0.15, 0.2) is 5.82 Å². The molecule has 0 bridgehead atoms. The Balaban J connectivity index is 1.76. The van der Waals surface area contributed by atoms with Crippen molar-refractivity contribution < 1.29 is 27.5 Å². The van der Waals surface area contributed by atoms with Gasteiger partial charge in [0, 0.05) is 39.6 Å².